The summed E-state index contributed by atoms with van der Waals surface area (Å²) >= 11 is 0. The van der Waals surface area contributed by atoms with Gasteiger partial charge >= 0.3 is 0 Å². The smallest absolute Gasteiger partial charge is 0.272 e. The van der Waals surface area contributed by atoms with E-state index in [1.54, 1.807) is 18.3 Å². The second-order valence-electron chi connectivity index (χ2n) is 8.54. The zero-order chi connectivity index (χ0) is 21.8. The fourth-order valence-electron chi connectivity index (χ4n) is 4.09. The maximum Gasteiger partial charge on any atom is 0.272 e. The fourth-order valence-corrected chi connectivity index (χ4v) is 4.09. The van der Waals surface area contributed by atoms with E-state index >= 15 is 0 Å². The molecule has 32 heavy (non-hydrogen) atoms. The summed E-state index contributed by atoms with van der Waals surface area (Å²) in [7, 11) is 0. The highest BCUT2D eigenvalue weighted by Gasteiger charge is 2.23. The number of carbonyl (C=O) groups excluding carboxylic acids is 1. The first-order chi connectivity index (χ1) is 15.7. The van der Waals surface area contributed by atoms with Gasteiger partial charge in [-0.3, -0.25) is 4.79 Å². The SMILES string of the molecule is O=C(NC1CCC(=Cc2cccc(Oc3ccc(C4CC4)cn3)c2)CC1)c1cccnn1. The van der Waals surface area contributed by atoms with Gasteiger partial charge < -0.3 is 10.1 Å². The predicted molar refractivity (Wildman–Crippen MR) is 122 cm³/mol. The van der Waals surface area contributed by atoms with Gasteiger partial charge in [0.15, 0.2) is 5.69 Å². The zero-order valence-corrected chi connectivity index (χ0v) is 17.9. The van der Waals surface area contributed by atoms with Gasteiger partial charge in [-0.25, -0.2) is 4.98 Å². The molecule has 0 unspecified atom stereocenters. The van der Waals surface area contributed by atoms with E-state index in [4.69, 9.17) is 4.74 Å². The first-order valence-electron chi connectivity index (χ1n) is 11.2. The average molecular weight is 427 g/mol. The summed E-state index contributed by atoms with van der Waals surface area (Å²) in [5.41, 5.74) is 4.18. The van der Waals surface area contributed by atoms with Gasteiger partial charge in [0, 0.05) is 24.5 Å². The number of benzene rings is 1. The van der Waals surface area contributed by atoms with Crippen molar-refractivity contribution in [1.82, 2.24) is 20.5 Å². The van der Waals surface area contributed by atoms with E-state index in [1.165, 1.54) is 24.0 Å². The van der Waals surface area contributed by atoms with Gasteiger partial charge in [-0.2, -0.15) is 5.10 Å². The van der Waals surface area contributed by atoms with Crippen molar-refractivity contribution in [2.75, 3.05) is 0 Å². The molecule has 0 atom stereocenters. The zero-order valence-electron chi connectivity index (χ0n) is 17.9. The van der Waals surface area contributed by atoms with Crippen molar-refractivity contribution in [2.24, 2.45) is 0 Å². The lowest BCUT2D eigenvalue weighted by Crippen LogP contribution is -2.37. The Balaban J connectivity index is 1.16. The van der Waals surface area contributed by atoms with Gasteiger partial charge in [-0.15, -0.1) is 5.10 Å². The fraction of sp³-hybridized carbons (Fsp3) is 0.308. The summed E-state index contributed by atoms with van der Waals surface area (Å²) in [6.45, 7) is 0. The van der Waals surface area contributed by atoms with E-state index in [1.807, 2.05) is 30.5 Å². The van der Waals surface area contributed by atoms with Crippen molar-refractivity contribution in [3.63, 3.8) is 0 Å². The highest BCUT2D eigenvalue weighted by molar-refractivity contribution is 5.92. The van der Waals surface area contributed by atoms with Crippen LogP contribution in [0.4, 0.5) is 0 Å². The van der Waals surface area contributed by atoms with Crippen LogP contribution in [0.25, 0.3) is 6.08 Å². The number of nitrogens with zero attached hydrogens (tertiary/aromatic N) is 3. The standard InChI is InChI=1S/C26H26N4O2/c31-26(24-5-2-14-28-30-24)29-22-11-6-18(7-12-22)15-19-3-1-4-23(16-19)32-25-13-10-21(17-27-25)20-8-9-20/h1-5,10,13-17,20,22H,6-9,11-12H2,(H,29,31). The van der Waals surface area contributed by atoms with Crippen LogP contribution in [0.3, 0.4) is 0 Å². The summed E-state index contributed by atoms with van der Waals surface area (Å²) < 4.78 is 5.97. The summed E-state index contributed by atoms with van der Waals surface area (Å²) in [6.07, 6.45) is 12.0. The molecule has 6 nitrogen and oxygen atoms in total. The molecule has 0 spiro atoms. The van der Waals surface area contributed by atoms with Crippen LogP contribution >= 0.6 is 0 Å². The first-order valence-corrected chi connectivity index (χ1v) is 11.2. The van der Waals surface area contributed by atoms with E-state index in [-0.39, 0.29) is 11.9 Å². The molecule has 3 aromatic rings. The monoisotopic (exact) mass is 426 g/mol. The number of nitrogens with one attached hydrogen (secondary N) is 1. The molecule has 0 bridgehead atoms. The van der Waals surface area contributed by atoms with Crippen LogP contribution in [0.5, 0.6) is 11.6 Å². The summed E-state index contributed by atoms with van der Waals surface area (Å²) in [4.78, 5) is 16.7. The Morgan fingerprint density at radius 1 is 1.03 bits per heavy atom. The predicted octanol–water partition coefficient (Wildman–Crippen LogP) is 5.30. The number of ether oxygens (including phenoxy) is 1. The minimum absolute atomic E-state index is 0.154. The summed E-state index contributed by atoms with van der Waals surface area (Å²) in [5.74, 6) is 1.95. The molecule has 0 aliphatic heterocycles. The van der Waals surface area contributed by atoms with E-state index in [2.05, 4.69) is 38.7 Å². The number of carbonyl (C=O) groups is 1. The maximum absolute atomic E-state index is 12.3. The highest BCUT2D eigenvalue weighted by Crippen LogP contribution is 2.40. The summed E-state index contributed by atoms with van der Waals surface area (Å²) in [5, 5.41) is 10.7. The molecule has 2 aromatic heterocycles. The number of amides is 1. The van der Waals surface area contributed by atoms with Crippen molar-refractivity contribution >= 4 is 12.0 Å². The Morgan fingerprint density at radius 2 is 1.91 bits per heavy atom. The van der Waals surface area contributed by atoms with Gasteiger partial charge in [-0.05, 0) is 79.8 Å². The van der Waals surface area contributed by atoms with E-state index in [0.29, 0.717) is 17.5 Å². The maximum atomic E-state index is 12.3. The molecule has 2 saturated carbocycles. The topological polar surface area (TPSA) is 77.0 Å². The molecule has 0 saturated heterocycles. The third-order valence-electron chi connectivity index (χ3n) is 6.03. The molecule has 162 valence electrons. The van der Waals surface area contributed by atoms with Crippen LogP contribution in [0.15, 0.2) is 66.5 Å². The third kappa shape index (κ3) is 5.19. The highest BCUT2D eigenvalue weighted by atomic mass is 16.5. The molecule has 2 aliphatic carbocycles. The lowest BCUT2D eigenvalue weighted by Gasteiger charge is -2.24. The van der Waals surface area contributed by atoms with Crippen LogP contribution in [-0.2, 0) is 0 Å². The van der Waals surface area contributed by atoms with E-state index in [0.717, 1.165) is 37.0 Å². The Hall–Kier alpha value is -3.54. The lowest BCUT2D eigenvalue weighted by molar-refractivity contribution is 0.0924. The second-order valence-corrected chi connectivity index (χ2v) is 8.54. The van der Waals surface area contributed by atoms with Gasteiger partial charge in [-0.1, -0.05) is 29.8 Å². The van der Waals surface area contributed by atoms with Gasteiger partial charge in [0.2, 0.25) is 5.88 Å². The summed E-state index contributed by atoms with van der Waals surface area (Å²) in [6, 6.07) is 15.7. The molecule has 2 fully saturated rings. The number of hydrogen-bond acceptors (Lipinski definition) is 5. The molecule has 1 N–H and O–H groups in total. The first kappa shape index (κ1) is 20.4. The molecule has 2 aliphatic rings. The number of aromatic nitrogens is 3. The Kier molecular flexibility index (Phi) is 5.92. The van der Waals surface area contributed by atoms with Gasteiger partial charge in [0.05, 0.1) is 0 Å². The Bertz CT molecular complexity index is 1100. The Morgan fingerprint density at radius 3 is 2.62 bits per heavy atom. The molecule has 1 aromatic carbocycles. The largest absolute Gasteiger partial charge is 0.439 e. The number of hydrogen-bond donors (Lipinski definition) is 1. The molecule has 1 amide bonds. The molecule has 6 heteroatoms. The van der Waals surface area contributed by atoms with Crippen LogP contribution in [0.2, 0.25) is 0 Å². The minimum atomic E-state index is -0.154. The van der Waals surface area contributed by atoms with Gasteiger partial charge in [0.1, 0.15) is 5.75 Å². The van der Waals surface area contributed by atoms with Crippen LogP contribution < -0.4 is 10.1 Å². The van der Waals surface area contributed by atoms with Crippen LogP contribution in [0.1, 0.15) is 66.1 Å². The minimum Gasteiger partial charge on any atom is -0.439 e. The third-order valence-corrected chi connectivity index (χ3v) is 6.03. The lowest BCUT2D eigenvalue weighted by atomic mass is 9.89. The number of allylic oxidation sites excluding steroid dienone is 1. The molecular formula is C26H26N4O2. The van der Waals surface area contributed by atoms with Crippen molar-refractivity contribution in [1.29, 1.82) is 0 Å². The van der Waals surface area contributed by atoms with Crippen LogP contribution in [-0.4, -0.2) is 27.1 Å². The Labute approximate surface area is 187 Å². The average Bonchev–Trinajstić information content (AvgIpc) is 3.67. The quantitative estimate of drug-likeness (QED) is 0.579. The molecule has 5 rings (SSSR count). The molecule has 2 heterocycles. The van der Waals surface area contributed by atoms with Crippen LogP contribution in [0, 0.1) is 0 Å². The van der Waals surface area contributed by atoms with Crippen molar-refractivity contribution in [3.8, 4) is 11.6 Å². The van der Waals surface area contributed by atoms with E-state index < -0.39 is 0 Å². The van der Waals surface area contributed by atoms with Crippen molar-refractivity contribution < 1.29 is 9.53 Å². The van der Waals surface area contributed by atoms with Crippen molar-refractivity contribution in [2.45, 2.75) is 50.5 Å². The molecule has 0 radical (unpaired) electrons. The number of rotatable bonds is 6. The second kappa shape index (κ2) is 9.30. The van der Waals surface area contributed by atoms with Crippen molar-refractivity contribution in [3.05, 3.63) is 83.3 Å². The number of pyridine rings is 1. The normalized spacial score (nSPS) is 18.1. The van der Waals surface area contributed by atoms with Gasteiger partial charge in [0.25, 0.3) is 5.91 Å². The van der Waals surface area contributed by atoms with E-state index in [9.17, 15) is 4.79 Å². The molecular weight excluding hydrogens is 400 g/mol.